The van der Waals surface area contributed by atoms with Gasteiger partial charge >= 0.3 is 0 Å². The van der Waals surface area contributed by atoms with E-state index in [4.69, 9.17) is 9.72 Å². The molecule has 1 atom stereocenters. The van der Waals surface area contributed by atoms with E-state index >= 15 is 0 Å². The van der Waals surface area contributed by atoms with Gasteiger partial charge in [0.1, 0.15) is 6.10 Å². The number of amides is 1. The lowest BCUT2D eigenvalue weighted by molar-refractivity contribution is -0.147. The van der Waals surface area contributed by atoms with E-state index < -0.39 is 0 Å². The predicted octanol–water partition coefficient (Wildman–Crippen LogP) is 2.62. The zero-order chi connectivity index (χ0) is 17.4. The van der Waals surface area contributed by atoms with Crippen LogP contribution < -0.4 is 0 Å². The molecule has 0 radical (unpaired) electrons. The van der Waals surface area contributed by atoms with Crippen LogP contribution in [0.3, 0.4) is 0 Å². The average molecular weight is 342 g/mol. The predicted molar refractivity (Wildman–Crippen MR) is 94.6 cm³/mol. The Morgan fingerprint density at radius 2 is 1.96 bits per heavy atom. The van der Waals surface area contributed by atoms with Crippen molar-refractivity contribution in [2.45, 2.75) is 58.0 Å². The zero-order valence-corrected chi connectivity index (χ0v) is 15.1. The van der Waals surface area contributed by atoms with Gasteiger partial charge in [-0.15, -0.1) is 0 Å². The molecule has 2 aliphatic rings. The Labute approximate surface area is 148 Å². The molecule has 6 heteroatoms. The van der Waals surface area contributed by atoms with Gasteiger partial charge in [-0.3, -0.25) is 4.79 Å². The van der Waals surface area contributed by atoms with Crippen molar-refractivity contribution in [2.24, 2.45) is 0 Å². The Morgan fingerprint density at radius 1 is 1.16 bits per heavy atom. The van der Waals surface area contributed by atoms with Crippen molar-refractivity contribution in [3.63, 3.8) is 0 Å². The van der Waals surface area contributed by atoms with E-state index in [1.54, 1.807) is 0 Å². The number of carbonyl (C=O) groups excluding carboxylic acids is 1. The molecule has 6 nitrogen and oxygen atoms in total. The molecule has 2 saturated heterocycles. The number of aryl methyl sites for hydroxylation is 2. The number of hydrogen-bond acceptors (Lipinski definition) is 4. The Hall–Kier alpha value is -1.95. The topological polar surface area (TPSA) is 59.7 Å². The van der Waals surface area contributed by atoms with E-state index in [-0.39, 0.29) is 12.0 Å². The summed E-state index contributed by atoms with van der Waals surface area (Å²) in [5.74, 6) is 0.597. The van der Waals surface area contributed by atoms with Gasteiger partial charge in [0, 0.05) is 43.1 Å². The molecule has 4 heterocycles. The van der Waals surface area contributed by atoms with Gasteiger partial charge in [-0.2, -0.15) is 5.10 Å². The van der Waals surface area contributed by atoms with Crippen LogP contribution in [0.15, 0.2) is 12.1 Å². The van der Waals surface area contributed by atoms with Gasteiger partial charge in [0.15, 0.2) is 5.65 Å². The number of nitrogens with zero attached hydrogens (tertiary/aromatic N) is 4. The summed E-state index contributed by atoms with van der Waals surface area (Å²) in [6.45, 7) is 6.39. The van der Waals surface area contributed by atoms with Gasteiger partial charge < -0.3 is 9.64 Å². The number of ether oxygens (including phenoxy) is 1. The summed E-state index contributed by atoms with van der Waals surface area (Å²) in [7, 11) is 0. The first-order chi connectivity index (χ1) is 12.1. The molecule has 0 aliphatic carbocycles. The summed E-state index contributed by atoms with van der Waals surface area (Å²) in [4.78, 5) is 19.4. The highest BCUT2D eigenvalue weighted by atomic mass is 16.5. The first-order valence-electron chi connectivity index (χ1n) is 9.36. The molecule has 2 fully saturated rings. The highest BCUT2D eigenvalue weighted by Gasteiger charge is 2.30. The van der Waals surface area contributed by atoms with Crippen LogP contribution in [0.5, 0.6) is 0 Å². The molecule has 0 spiro atoms. The number of rotatable bonds is 2. The smallest absolute Gasteiger partial charge is 0.251 e. The number of fused-ring (bicyclic) bond motifs is 1. The average Bonchev–Trinajstić information content (AvgIpc) is 3.03. The molecule has 134 valence electrons. The molecule has 1 amide bonds. The molecular weight excluding hydrogens is 316 g/mol. The number of hydrogen-bond donors (Lipinski definition) is 0. The number of piperidine rings is 1. The van der Waals surface area contributed by atoms with E-state index in [9.17, 15) is 4.79 Å². The Morgan fingerprint density at radius 3 is 2.68 bits per heavy atom. The molecule has 0 aromatic carbocycles. The summed E-state index contributed by atoms with van der Waals surface area (Å²) in [5, 5.41) is 4.47. The molecule has 25 heavy (non-hydrogen) atoms. The van der Waals surface area contributed by atoms with Gasteiger partial charge in [-0.1, -0.05) is 0 Å². The maximum Gasteiger partial charge on any atom is 0.251 e. The first-order valence-corrected chi connectivity index (χ1v) is 9.36. The summed E-state index contributed by atoms with van der Waals surface area (Å²) in [5.41, 5.74) is 4.15. The lowest BCUT2D eigenvalue weighted by atomic mass is 9.92. The third kappa shape index (κ3) is 3.27. The van der Waals surface area contributed by atoms with Gasteiger partial charge in [0.2, 0.25) is 0 Å². The maximum absolute atomic E-state index is 12.6. The molecule has 4 rings (SSSR count). The van der Waals surface area contributed by atoms with Gasteiger partial charge in [0.25, 0.3) is 5.91 Å². The van der Waals surface area contributed by atoms with E-state index in [0.717, 1.165) is 74.5 Å². The molecule has 2 aliphatic heterocycles. The van der Waals surface area contributed by atoms with Crippen LogP contribution in [0.4, 0.5) is 0 Å². The van der Waals surface area contributed by atoms with Crippen LogP contribution in [0, 0.1) is 13.8 Å². The molecule has 0 unspecified atom stereocenters. The second-order valence-electron chi connectivity index (χ2n) is 7.33. The quantitative estimate of drug-likeness (QED) is 0.842. The second-order valence-corrected chi connectivity index (χ2v) is 7.33. The number of carbonyl (C=O) groups is 1. The van der Waals surface area contributed by atoms with Crippen molar-refractivity contribution in [1.82, 2.24) is 19.5 Å². The number of likely N-dealkylation sites (tertiary alicyclic amines) is 1. The summed E-state index contributed by atoms with van der Waals surface area (Å²) in [6, 6.07) is 4.17. The van der Waals surface area contributed by atoms with Gasteiger partial charge in [0.05, 0.1) is 5.69 Å². The van der Waals surface area contributed by atoms with E-state index in [1.165, 1.54) is 0 Å². The summed E-state index contributed by atoms with van der Waals surface area (Å²) in [6.07, 6.45) is 4.77. The largest absolute Gasteiger partial charge is 0.368 e. The van der Waals surface area contributed by atoms with Gasteiger partial charge in [-0.05, 0) is 52.0 Å². The van der Waals surface area contributed by atoms with E-state index in [2.05, 4.69) is 18.1 Å². The third-order valence-corrected chi connectivity index (χ3v) is 5.43. The van der Waals surface area contributed by atoms with Gasteiger partial charge in [-0.25, -0.2) is 9.50 Å². The normalized spacial score (nSPS) is 22.5. The summed E-state index contributed by atoms with van der Waals surface area (Å²) < 4.78 is 7.56. The molecule has 0 bridgehead atoms. The Bertz CT molecular complexity index is 771. The first kappa shape index (κ1) is 16.5. The van der Waals surface area contributed by atoms with E-state index in [0.29, 0.717) is 5.92 Å². The van der Waals surface area contributed by atoms with Crippen molar-refractivity contribution < 1.29 is 9.53 Å². The van der Waals surface area contributed by atoms with E-state index in [1.807, 2.05) is 22.4 Å². The van der Waals surface area contributed by atoms with Crippen LogP contribution in [-0.2, 0) is 9.53 Å². The maximum atomic E-state index is 12.6. The van der Waals surface area contributed by atoms with Crippen LogP contribution in [0.25, 0.3) is 5.65 Å². The van der Waals surface area contributed by atoms with Crippen molar-refractivity contribution in [1.29, 1.82) is 0 Å². The minimum atomic E-state index is -0.211. The lowest BCUT2D eigenvalue weighted by Crippen LogP contribution is -2.45. The highest BCUT2D eigenvalue weighted by molar-refractivity contribution is 5.81. The lowest BCUT2D eigenvalue weighted by Gasteiger charge is -2.35. The van der Waals surface area contributed by atoms with Crippen molar-refractivity contribution >= 4 is 11.6 Å². The minimum absolute atomic E-state index is 0.184. The molecule has 0 saturated carbocycles. The molecular formula is C19H26N4O2. The van der Waals surface area contributed by atoms with Crippen LogP contribution in [0.1, 0.15) is 55.1 Å². The van der Waals surface area contributed by atoms with Crippen molar-refractivity contribution in [3.8, 4) is 0 Å². The summed E-state index contributed by atoms with van der Waals surface area (Å²) >= 11 is 0. The fourth-order valence-corrected chi connectivity index (χ4v) is 4.01. The monoisotopic (exact) mass is 342 g/mol. The Kier molecular flexibility index (Phi) is 4.46. The van der Waals surface area contributed by atoms with Crippen LogP contribution in [0.2, 0.25) is 0 Å². The Balaban J connectivity index is 1.44. The van der Waals surface area contributed by atoms with Crippen LogP contribution >= 0.6 is 0 Å². The highest BCUT2D eigenvalue weighted by Crippen LogP contribution is 2.29. The SMILES string of the molecule is Cc1cc2nc(C3CCN(C(=O)[C@H]4CCCCO4)CC3)cc(C)n2n1. The second kappa shape index (κ2) is 6.75. The zero-order valence-electron chi connectivity index (χ0n) is 15.1. The minimum Gasteiger partial charge on any atom is -0.368 e. The fraction of sp³-hybridized carbons (Fsp3) is 0.632. The van der Waals surface area contributed by atoms with Crippen LogP contribution in [-0.4, -0.2) is 51.2 Å². The molecule has 2 aromatic heterocycles. The number of aromatic nitrogens is 3. The molecule has 2 aromatic rings. The molecule has 0 N–H and O–H groups in total. The standard InChI is InChI=1S/C19H26N4O2/c1-13-11-18-20-16(12-14(2)23(18)21-13)15-6-8-22(9-7-15)19(24)17-5-3-4-10-25-17/h11-12,15,17H,3-10H2,1-2H3/t17-/m1/s1. The fourth-order valence-electron chi connectivity index (χ4n) is 4.01. The van der Waals surface area contributed by atoms with Crippen molar-refractivity contribution in [3.05, 3.63) is 29.2 Å². The van der Waals surface area contributed by atoms with Crippen molar-refractivity contribution in [2.75, 3.05) is 19.7 Å². The third-order valence-electron chi connectivity index (χ3n) is 5.43.